The fraction of sp³-hybridized carbons (Fsp3) is 0.698. The van der Waals surface area contributed by atoms with Crippen LogP contribution in [0.4, 0.5) is 0 Å². The lowest BCUT2D eigenvalue weighted by Gasteiger charge is -2.18. The van der Waals surface area contributed by atoms with Crippen LogP contribution < -0.4 is 0 Å². The molecule has 0 saturated carbocycles. The van der Waals surface area contributed by atoms with E-state index >= 15 is 0 Å². The quantitative estimate of drug-likeness (QED) is 0.0262. The number of hydrogen-bond donors (Lipinski definition) is 0. The van der Waals surface area contributed by atoms with Crippen molar-refractivity contribution in [1.82, 2.24) is 0 Å². The average Bonchev–Trinajstić information content (AvgIpc) is 3.35. The predicted octanol–water partition coefficient (Wildman–Crippen LogP) is 19.3. The normalized spacial score (nSPS) is 12.8. The molecule has 0 saturated heterocycles. The molecule has 0 aromatic heterocycles. The van der Waals surface area contributed by atoms with Crippen LogP contribution >= 0.6 is 0 Å². The molecule has 0 aromatic rings. The van der Waals surface area contributed by atoms with Gasteiger partial charge in [0.25, 0.3) is 0 Å². The van der Waals surface area contributed by atoms with E-state index in [2.05, 4.69) is 118 Å². The van der Waals surface area contributed by atoms with Crippen LogP contribution in [0.5, 0.6) is 0 Å². The minimum atomic E-state index is -0.819. The van der Waals surface area contributed by atoms with Crippen LogP contribution in [0.2, 0.25) is 0 Å². The molecule has 0 aliphatic carbocycles. The molecule has 0 radical (unpaired) electrons. The van der Waals surface area contributed by atoms with Gasteiger partial charge in [0.1, 0.15) is 13.2 Å². The van der Waals surface area contributed by atoms with E-state index < -0.39 is 6.10 Å². The Bertz CT molecular complexity index is 1380. The molecule has 0 fully saturated rings. The zero-order valence-electron chi connectivity index (χ0n) is 45.0. The van der Waals surface area contributed by atoms with Gasteiger partial charge in [0, 0.05) is 19.3 Å². The third-order valence-electron chi connectivity index (χ3n) is 12.0. The average molecular weight is 960 g/mol. The fourth-order valence-electron chi connectivity index (χ4n) is 7.67. The van der Waals surface area contributed by atoms with Gasteiger partial charge in [0.15, 0.2) is 6.10 Å². The summed E-state index contributed by atoms with van der Waals surface area (Å²) >= 11 is 0. The number of carbonyl (C=O) groups excluding carboxylic acids is 3. The molecular formula is C63H106O6. The van der Waals surface area contributed by atoms with E-state index in [9.17, 15) is 14.4 Å². The molecule has 394 valence electrons. The Hall–Kier alpha value is -3.67. The second kappa shape index (κ2) is 56.9. The maximum atomic E-state index is 12.8. The molecule has 0 aromatic carbocycles. The molecule has 0 heterocycles. The van der Waals surface area contributed by atoms with Crippen molar-refractivity contribution in [1.29, 1.82) is 0 Å². The highest BCUT2D eigenvalue weighted by Crippen LogP contribution is 2.13. The Morgan fingerprint density at radius 3 is 0.928 bits per heavy atom. The van der Waals surface area contributed by atoms with E-state index in [4.69, 9.17) is 14.2 Å². The Labute approximate surface area is 426 Å². The molecule has 6 heteroatoms. The highest BCUT2D eigenvalue weighted by molar-refractivity contribution is 5.71. The molecule has 0 N–H and O–H groups in total. The number of hydrogen-bond acceptors (Lipinski definition) is 6. The molecule has 0 bridgehead atoms. The lowest BCUT2D eigenvalue weighted by atomic mass is 10.1. The van der Waals surface area contributed by atoms with E-state index in [0.29, 0.717) is 19.3 Å². The molecule has 0 amide bonds. The number of allylic oxidation sites excluding steroid dienone is 16. The number of rotatable bonds is 51. The second-order valence-corrected chi connectivity index (χ2v) is 18.8. The maximum absolute atomic E-state index is 12.8. The van der Waals surface area contributed by atoms with Crippen LogP contribution in [-0.2, 0) is 28.6 Å². The van der Waals surface area contributed by atoms with Crippen LogP contribution in [0.1, 0.15) is 265 Å². The molecule has 0 aliphatic rings. The van der Waals surface area contributed by atoms with Crippen LogP contribution in [0.3, 0.4) is 0 Å². The van der Waals surface area contributed by atoms with E-state index in [-0.39, 0.29) is 44.0 Å². The minimum Gasteiger partial charge on any atom is -0.462 e. The van der Waals surface area contributed by atoms with E-state index in [1.54, 1.807) is 0 Å². The van der Waals surface area contributed by atoms with Gasteiger partial charge in [-0.05, 0) is 122 Å². The van der Waals surface area contributed by atoms with Gasteiger partial charge in [-0.25, -0.2) is 0 Å². The zero-order chi connectivity index (χ0) is 50.0. The molecule has 0 aliphatic heterocycles. The summed E-state index contributed by atoms with van der Waals surface area (Å²) in [7, 11) is 0. The monoisotopic (exact) mass is 959 g/mol. The summed E-state index contributed by atoms with van der Waals surface area (Å²) in [5.74, 6) is -1.00. The lowest BCUT2D eigenvalue weighted by Crippen LogP contribution is -2.30. The second-order valence-electron chi connectivity index (χ2n) is 18.8. The van der Waals surface area contributed by atoms with Crippen molar-refractivity contribution in [3.05, 3.63) is 97.2 Å². The van der Waals surface area contributed by atoms with Crippen LogP contribution in [0.15, 0.2) is 97.2 Å². The van der Waals surface area contributed by atoms with Gasteiger partial charge >= 0.3 is 17.9 Å². The molecule has 69 heavy (non-hydrogen) atoms. The third kappa shape index (κ3) is 55.1. The van der Waals surface area contributed by atoms with Crippen molar-refractivity contribution < 1.29 is 28.6 Å². The topological polar surface area (TPSA) is 78.9 Å². The first-order valence-electron chi connectivity index (χ1n) is 28.7. The summed E-state index contributed by atoms with van der Waals surface area (Å²) in [6.45, 7) is 6.53. The summed E-state index contributed by atoms with van der Waals surface area (Å²) in [4.78, 5) is 38.1. The van der Waals surface area contributed by atoms with Gasteiger partial charge in [-0.1, -0.05) is 221 Å². The van der Waals surface area contributed by atoms with Crippen LogP contribution in [0, 0.1) is 0 Å². The summed E-state index contributed by atoms with van der Waals surface area (Å²) in [5.41, 5.74) is 0. The highest BCUT2D eigenvalue weighted by Gasteiger charge is 2.19. The summed E-state index contributed by atoms with van der Waals surface area (Å²) in [5, 5.41) is 0. The van der Waals surface area contributed by atoms with Crippen molar-refractivity contribution in [2.45, 2.75) is 271 Å². The number of unbranched alkanes of at least 4 members (excludes halogenated alkanes) is 24. The maximum Gasteiger partial charge on any atom is 0.306 e. The Balaban J connectivity index is 4.54. The van der Waals surface area contributed by atoms with Gasteiger partial charge in [-0.15, -0.1) is 0 Å². The molecule has 1 atom stereocenters. The van der Waals surface area contributed by atoms with Crippen molar-refractivity contribution in [2.75, 3.05) is 13.2 Å². The van der Waals surface area contributed by atoms with Gasteiger partial charge in [0.2, 0.25) is 0 Å². The van der Waals surface area contributed by atoms with Crippen LogP contribution in [-0.4, -0.2) is 37.2 Å². The first kappa shape index (κ1) is 65.3. The van der Waals surface area contributed by atoms with Crippen molar-refractivity contribution >= 4 is 17.9 Å². The van der Waals surface area contributed by atoms with Crippen molar-refractivity contribution in [3.63, 3.8) is 0 Å². The first-order valence-corrected chi connectivity index (χ1v) is 28.7. The Morgan fingerprint density at radius 1 is 0.290 bits per heavy atom. The third-order valence-corrected chi connectivity index (χ3v) is 12.0. The summed E-state index contributed by atoms with van der Waals surface area (Å²) < 4.78 is 16.8. The SMILES string of the molecule is CCCCC/C=C\C/C=C\C/C=C\C/C=C\CCCCCC(=O)O[C@H](COC(=O)CCC/C=C\C/C=C\C/C=C\CCCCCCCC)COC(=O)CCCCCCC/C=C\CCCCCCCC. The van der Waals surface area contributed by atoms with Gasteiger partial charge in [0.05, 0.1) is 0 Å². The lowest BCUT2D eigenvalue weighted by molar-refractivity contribution is -0.167. The van der Waals surface area contributed by atoms with Gasteiger partial charge in [-0.2, -0.15) is 0 Å². The number of ether oxygens (including phenoxy) is 3. The molecule has 6 nitrogen and oxygen atoms in total. The minimum absolute atomic E-state index is 0.111. The van der Waals surface area contributed by atoms with Crippen molar-refractivity contribution in [2.24, 2.45) is 0 Å². The summed E-state index contributed by atoms with van der Waals surface area (Å²) in [6.07, 6.45) is 75.4. The molecule has 0 rings (SSSR count). The fourth-order valence-corrected chi connectivity index (χ4v) is 7.67. The van der Waals surface area contributed by atoms with E-state index in [1.807, 2.05) is 0 Å². The first-order chi connectivity index (χ1) is 34.0. The highest BCUT2D eigenvalue weighted by atomic mass is 16.6. The molecule has 0 unspecified atom stereocenters. The van der Waals surface area contributed by atoms with Gasteiger partial charge in [-0.3, -0.25) is 14.4 Å². The largest absolute Gasteiger partial charge is 0.462 e. The standard InChI is InChI=1S/C63H106O6/c1-4-7-10-13-16-19-22-25-28-30-31-33-36-39-42-45-48-51-54-57-63(66)69-60(58-67-61(64)55-52-49-46-43-40-37-34-27-24-21-18-15-12-9-6-3)59-68-62(65)56-53-50-47-44-41-38-35-32-29-26-23-20-17-14-11-8-5-2/h16,19,25-29,31,33-35,38-39,42,44,47,60H,4-15,17-18,20-24,30,32,36-37,40-41,43,45-46,48-59H2,1-3H3/b19-16-,28-25-,29-26-,33-31-,34-27-,38-35-,42-39-,47-44-/t60-/m0/s1. The van der Waals surface area contributed by atoms with Crippen LogP contribution in [0.25, 0.3) is 0 Å². The van der Waals surface area contributed by atoms with E-state index in [0.717, 1.165) is 89.9 Å². The number of carbonyl (C=O) groups is 3. The smallest absolute Gasteiger partial charge is 0.306 e. The molecular weight excluding hydrogens is 853 g/mol. The summed E-state index contributed by atoms with van der Waals surface area (Å²) in [6, 6.07) is 0. The number of esters is 3. The van der Waals surface area contributed by atoms with E-state index in [1.165, 1.54) is 122 Å². The Kier molecular flexibility index (Phi) is 53.9. The predicted molar refractivity (Wildman–Crippen MR) is 297 cm³/mol. The molecule has 0 spiro atoms. The zero-order valence-corrected chi connectivity index (χ0v) is 45.0. The Morgan fingerprint density at radius 2 is 0.536 bits per heavy atom. The van der Waals surface area contributed by atoms with Gasteiger partial charge < -0.3 is 14.2 Å². The van der Waals surface area contributed by atoms with Crippen molar-refractivity contribution in [3.8, 4) is 0 Å².